The van der Waals surface area contributed by atoms with Gasteiger partial charge in [0.25, 0.3) is 0 Å². The van der Waals surface area contributed by atoms with E-state index in [1.807, 2.05) is 23.0 Å². The summed E-state index contributed by atoms with van der Waals surface area (Å²) in [5.41, 5.74) is 6.06. The molecule has 0 fully saturated rings. The normalized spacial score (nSPS) is 14.4. The van der Waals surface area contributed by atoms with E-state index in [-0.39, 0.29) is 0 Å². The van der Waals surface area contributed by atoms with Gasteiger partial charge in [0.15, 0.2) is 0 Å². The SMILES string of the molecule is Clc1cc(-c2ccn3nccc3c2)cc2c1CNCC2. The average Bonchev–Trinajstić information content (AvgIpc) is 2.94. The van der Waals surface area contributed by atoms with Gasteiger partial charge in [0.2, 0.25) is 0 Å². The lowest BCUT2D eigenvalue weighted by atomic mass is 9.95. The van der Waals surface area contributed by atoms with Crippen molar-refractivity contribution >= 4 is 17.1 Å². The van der Waals surface area contributed by atoms with Crippen LogP contribution in [0.4, 0.5) is 0 Å². The molecule has 1 aliphatic rings. The van der Waals surface area contributed by atoms with E-state index in [2.05, 4.69) is 34.7 Å². The summed E-state index contributed by atoms with van der Waals surface area (Å²) in [7, 11) is 0. The lowest BCUT2D eigenvalue weighted by molar-refractivity contribution is 0.644. The predicted octanol–water partition coefficient (Wildman–Crippen LogP) is 3.30. The van der Waals surface area contributed by atoms with Gasteiger partial charge in [-0.05, 0) is 59.5 Å². The van der Waals surface area contributed by atoms with E-state index in [0.717, 1.165) is 30.0 Å². The largest absolute Gasteiger partial charge is 0.312 e. The Morgan fingerprint density at radius 1 is 1.15 bits per heavy atom. The minimum atomic E-state index is 0.859. The molecular weight excluding hydrogens is 270 g/mol. The van der Waals surface area contributed by atoms with Crippen molar-refractivity contribution in [2.24, 2.45) is 0 Å². The summed E-state index contributed by atoms with van der Waals surface area (Å²) >= 11 is 6.44. The Labute approximate surface area is 122 Å². The summed E-state index contributed by atoms with van der Waals surface area (Å²) in [6, 6.07) is 10.6. The molecule has 3 heterocycles. The Hall–Kier alpha value is -1.84. The summed E-state index contributed by atoms with van der Waals surface area (Å²) in [5, 5.41) is 8.45. The molecule has 4 heteroatoms. The van der Waals surface area contributed by atoms with Crippen LogP contribution in [-0.4, -0.2) is 16.2 Å². The maximum absolute atomic E-state index is 6.44. The smallest absolute Gasteiger partial charge is 0.0667 e. The standard InChI is InChI=1S/C16H14ClN3/c17-16-9-13(7-12-1-4-18-10-15(12)16)11-3-6-20-14(8-11)2-5-19-20/h2-3,5-9,18H,1,4,10H2. The molecule has 3 nitrogen and oxygen atoms in total. The van der Waals surface area contributed by atoms with Gasteiger partial charge in [-0.25, -0.2) is 4.52 Å². The van der Waals surface area contributed by atoms with Crippen LogP contribution in [0.3, 0.4) is 0 Å². The average molecular weight is 284 g/mol. The topological polar surface area (TPSA) is 29.3 Å². The molecule has 0 unspecified atom stereocenters. The lowest BCUT2D eigenvalue weighted by Crippen LogP contribution is -2.23. The van der Waals surface area contributed by atoms with Crippen molar-refractivity contribution in [2.45, 2.75) is 13.0 Å². The maximum Gasteiger partial charge on any atom is 0.0667 e. The molecule has 0 saturated carbocycles. The zero-order valence-corrected chi connectivity index (χ0v) is 11.7. The van der Waals surface area contributed by atoms with E-state index in [9.17, 15) is 0 Å². The Balaban J connectivity index is 1.86. The maximum atomic E-state index is 6.44. The number of aromatic nitrogens is 2. The summed E-state index contributed by atoms with van der Waals surface area (Å²) in [4.78, 5) is 0. The molecule has 1 N–H and O–H groups in total. The second-order valence-electron chi connectivity index (χ2n) is 5.14. The predicted molar refractivity (Wildman–Crippen MR) is 81.0 cm³/mol. The summed E-state index contributed by atoms with van der Waals surface area (Å²) in [6.45, 7) is 1.89. The van der Waals surface area contributed by atoms with Gasteiger partial charge < -0.3 is 5.32 Å². The van der Waals surface area contributed by atoms with E-state index < -0.39 is 0 Å². The molecule has 0 amide bonds. The highest BCUT2D eigenvalue weighted by atomic mass is 35.5. The molecule has 0 spiro atoms. The van der Waals surface area contributed by atoms with Crippen LogP contribution in [0.15, 0.2) is 42.7 Å². The Morgan fingerprint density at radius 2 is 2.10 bits per heavy atom. The van der Waals surface area contributed by atoms with Crippen LogP contribution in [0.25, 0.3) is 16.6 Å². The summed E-state index contributed by atoms with van der Waals surface area (Å²) in [6.07, 6.45) is 4.84. The molecule has 0 aliphatic carbocycles. The molecule has 2 aromatic heterocycles. The summed E-state index contributed by atoms with van der Waals surface area (Å²) < 4.78 is 1.87. The number of nitrogens with one attached hydrogen (secondary N) is 1. The van der Waals surface area contributed by atoms with E-state index in [1.165, 1.54) is 22.3 Å². The zero-order chi connectivity index (χ0) is 13.5. The fourth-order valence-electron chi connectivity index (χ4n) is 2.82. The number of pyridine rings is 1. The minimum absolute atomic E-state index is 0.859. The molecule has 3 aromatic rings. The van der Waals surface area contributed by atoms with Gasteiger partial charge in [-0.15, -0.1) is 0 Å². The number of hydrogen-bond acceptors (Lipinski definition) is 2. The van der Waals surface area contributed by atoms with Gasteiger partial charge in [-0.1, -0.05) is 17.7 Å². The van der Waals surface area contributed by atoms with Crippen molar-refractivity contribution in [2.75, 3.05) is 6.54 Å². The third-order valence-corrected chi connectivity index (χ3v) is 4.23. The van der Waals surface area contributed by atoms with Crippen molar-refractivity contribution < 1.29 is 0 Å². The molecule has 20 heavy (non-hydrogen) atoms. The molecule has 100 valence electrons. The van der Waals surface area contributed by atoms with Gasteiger partial charge in [-0.2, -0.15) is 5.10 Å². The van der Waals surface area contributed by atoms with E-state index in [0.29, 0.717) is 0 Å². The molecule has 0 bridgehead atoms. The number of rotatable bonds is 1. The highest BCUT2D eigenvalue weighted by Crippen LogP contribution is 2.31. The van der Waals surface area contributed by atoms with Crippen molar-refractivity contribution in [1.29, 1.82) is 0 Å². The molecule has 0 atom stereocenters. The first-order valence-corrected chi connectivity index (χ1v) is 7.15. The van der Waals surface area contributed by atoms with Gasteiger partial charge in [-0.3, -0.25) is 0 Å². The Bertz CT molecular complexity index is 792. The molecule has 0 saturated heterocycles. The van der Waals surface area contributed by atoms with Crippen molar-refractivity contribution in [3.8, 4) is 11.1 Å². The van der Waals surface area contributed by atoms with Gasteiger partial charge in [0.1, 0.15) is 0 Å². The van der Waals surface area contributed by atoms with Gasteiger partial charge >= 0.3 is 0 Å². The first-order valence-electron chi connectivity index (χ1n) is 6.77. The number of fused-ring (bicyclic) bond motifs is 2. The van der Waals surface area contributed by atoms with Crippen LogP contribution in [-0.2, 0) is 13.0 Å². The second kappa shape index (κ2) is 4.62. The third-order valence-electron chi connectivity index (χ3n) is 3.89. The highest BCUT2D eigenvalue weighted by Gasteiger charge is 2.14. The first kappa shape index (κ1) is 11.9. The quantitative estimate of drug-likeness (QED) is 0.742. The fraction of sp³-hybridized carbons (Fsp3) is 0.188. The van der Waals surface area contributed by atoms with Gasteiger partial charge in [0.05, 0.1) is 5.52 Å². The fourth-order valence-corrected chi connectivity index (χ4v) is 3.12. The number of nitrogens with zero attached hydrogens (tertiary/aromatic N) is 2. The van der Waals surface area contributed by atoms with Crippen LogP contribution in [0.5, 0.6) is 0 Å². The minimum Gasteiger partial charge on any atom is -0.312 e. The highest BCUT2D eigenvalue weighted by molar-refractivity contribution is 6.31. The van der Waals surface area contributed by atoms with Crippen LogP contribution >= 0.6 is 11.6 Å². The molecule has 1 aromatic carbocycles. The number of halogens is 1. The number of benzene rings is 1. The first-order chi connectivity index (χ1) is 9.81. The molecule has 0 radical (unpaired) electrons. The van der Waals surface area contributed by atoms with E-state index in [4.69, 9.17) is 11.6 Å². The van der Waals surface area contributed by atoms with Crippen LogP contribution in [0.2, 0.25) is 5.02 Å². The van der Waals surface area contributed by atoms with Gasteiger partial charge in [0, 0.05) is 24.0 Å². The van der Waals surface area contributed by atoms with Crippen molar-refractivity contribution in [3.05, 3.63) is 58.9 Å². The van der Waals surface area contributed by atoms with Crippen molar-refractivity contribution in [1.82, 2.24) is 14.9 Å². The molecular formula is C16H14ClN3. The summed E-state index contributed by atoms with van der Waals surface area (Å²) in [5.74, 6) is 0. The van der Waals surface area contributed by atoms with Crippen LogP contribution in [0.1, 0.15) is 11.1 Å². The zero-order valence-electron chi connectivity index (χ0n) is 10.9. The second-order valence-corrected chi connectivity index (χ2v) is 5.55. The van der Waals surface area contributed by atoms with Crippen LogP contribution < -0.4 is 5.32 Å². The van der Waals surface area contributed by atoms with Crippen molar-refractivity contribution in [3.63, 3.8) is 0 Å². The molecule has 4 rings (SSSR count). The number of hydrogen-bond donors (Lipinski definition) is 1. The monoisotopic (exact) mass is 283 g/mol. The van der Waals surface area contributed by atoms with E-state index >= 15 is 0 Å². The third kappa shape index (κ3) is 1.90. The van der Waals surface area contributed by atoms with E-state index in [1.54, 1.807) is 0 Å². The van der Waals surface area contributed by atoms with Crippen LogP contribution in [0, 0.1) is 0 Å². The Kier molecular flexibility index (Phi) is 2.76. The lowest BCUT2D eigenvalue weighted by Gasteiger charge is -2.19. The Morgan fingerprint density at radius 3 is 3.05 bits per heavy atom. The molecule has 1 aliphatic heterocycles.